The van der Waals surface area contributed by atoms with Crippen molar-refractivity contribution in [2.24, 2.45) is 0 Å². The maximum Gasteiger partial charge on any atom is 0.241 e. The molecule has 1 heterocycles. The molecule has 1 N–H and O–H groups in total. The molecule has 2 aromatic rings. The van der Waals surface area contributed by atoms with Gasteiger partial charge in [-0.15, -0.1) is 0 Å². The highest BCUT2D eigenvalue weighted by atomic mass is 16.5. The molecular formula is C20H25N3O3. The number of hydrogen-bond acceptors (Lipinski definition) is 5. The van der Waals surface area contributed by atoms with Crippen molar-refractivity contribution >= 4 is 17.3 Å². The number of para-hydroxylation sites is 1. The van der Waals surface area contributed by atoms with Crippen LogP contribution in [-0.2, 0) is 4.79 Å². The van der Waals surface area contributed by atoms with Crippen LogP contribution >= 0.6 is 0 Å². The van der Waals surface area contributed by atoms with E-state index in [4.69, 9.17) is 9.47 Å². The molecule has 0 spiro atoms. The fourth-order valence-corrected chi connectivity index (χ4v) is 3.08. The Morgan fingerprint density at radius 3 is 2.38 bits per heavy atom. The number of nitrogens with one attached hydrogen (secondary N) is 1. The van der Waals surface area contributed by atoms with Crippen LogP contribution in [0.15, 0.2) is 48.5 Å². The van der Waals surface area contributed by atoms with Gasteiger partial charge in [0.25, 0.3) is 0 Å². The van der Waals surface area contributed by atoms with Crippen LogP contribution in [0.25, 0.3) is 0 Å². The topological polar surface area (TPSA) is 54.0 Å². The van der Waals surface area contributed by atoms with Crippen LogP contribution in [0.3, 0.4) is 0 Å². The summed E-state index contributed by atoms with van der Waals surface area (Å²) in [7, 11) is 3.21. The highest BCUT2D eigenvalue weighted by Crippen LogP contribution is 2.28. The van der Waals surface area contributed by atoms with E-state index in [0.717, 1.165) is 37.6 Å². The van der Waals surface area contributed by atoms with E-state index in [2.05, 4.69) is 22.3 Å². The van der Waals surface area contributed by atoms with Crippen molar-refractivity contribution in [1.82, 2.24) is 4.90 Å². The lowest BCUT2D eigenvalue weighted by Gasteiger charge is -2.36. The average Bonchev–Trinajstić information content (AvgIpc) is 2.72. The van der Waals surface area contributed by atoms with Crippen LogP contribution in [0.5, 0.6) is 11.5 Å². The highest BCUT2D eigenvalue weighted by Gasteiger charge is 2.21. The minimum atomic E-state index is 0.0931. The average molecular weight is 355 g/mol. The van der Waals surface area contributed by atoms with Crippen molar-refractivity contribution in [2.45, 2.75) is 0 Å². The summed E-state index contributed by atoms with van der Waals surface area (Å²) in [4.78, 5) is 16.7. The van der Waals surface area contributed by atoms with E-state index in [1.54, 1.807) is 20.3 Å². The molecule has 1 amide bonds. The second-order valence-electron chi connectivity index (χ2n) is 6.12. The molecule has 0 bridgehead atoms. The quantitative estimate of drug-likeness (QED) is 0.863. The molecule has 1 aliphatic heterocycles. The minimum Gasteiger partial charge on any atom is -0.497 e. The molecule has 0 saturated carbocycles. The van der Waals surface area contributed by atoms with Gasteiger partial charge in [-0.3, -0.25) is 4.79 Å². The molecule has 1 aliphatic rings. The Hall–Kier alpha value is -2.89. The van der Waals surface area contributed by atoms with E-state index in [-0.39, 0.29) is 12.5 Å². The minimum absolute atomic E-state index is 0.0931. The third kappa shape index (κ3) is 4.20. The molecule has 2 aromatic carbocycles. The van der Waals surface area contributed by atoms with Crippen molar-refractivity contribution in [1.29, 1.82) is 0 Å². The summed E-state index contributed by atoms with van der Waals surface area (Å²) in [6, 6.07) is 15.8. The number of carbonyl (C=O) groups excluding carboxylic acids is 1. The molecular weight excluding hydrogens is 330 g/mol. The van der Waals surface area contributed by atoms with Crippen LogP contribution in [0, 0.1) is 0 Å². The Morgan fingerprint density at radius 2 is 1.73 bits per heavy atom. The lowest BCUT2D eigenvalue weighted by molar-refractivity contribution is -0.129. The molecule has 138 valence electrons. The number of nitrogens with zero attached hydrogens (tertiary/aromatic N) is 2. The molecule has 0 unspecified atom stereocenters. The molecule has 3 rings (SSSR count). The van der Waals surface area contributed by atoms with Gasteiger partial charge in [0, 0.05) is 37.9 Å². The van der Waals surface area contributed by atoms with Gasteiger partial charge in [-0.2, -0.15) is 0 Å². The SMILES string of the molecule is COc1ccc(NCC(=O)N2CCN(c3ccccc3)CC2)c(OC)c1. The summed E-state index contributed by atoms with van der Waals surface area (Å²) in [5.74, 6) is 1.47. The number of anilines is 2. The fraction of sp³-hybridized carbons (Fsp3) is 0.350. The van der Waals surface area contributed by atoms with Crippen molar-refractivity contribution in [2.75, 3.05) is 57.2 Å². The van der Waals surface area contributed by atoms with Gasteiger partial charge in [-0.1, -0.05) is 18.2 Å². The van der Waals surface area contributed by atoms with E-state index < -0.39 is 0 Å². The third-order valence-corrected chi connectivity index (χ3v) is 4.59. The second-order valence-corrected chi connectivity index (χ2v) is 6.12. The Kier molecular flexibility index (Phi) is 5.84. The van der Waals surface area contributed by atoms with E-state index in [1.807, 2.05) is 35.2 Å². The summed E-state index contributed by atoms with van der Waals surface area (Å²) in [6.07, 6.45) is 0. The molecule has 0 radical (unpaired) electrons. The van der Waals surface area contributed by atoms with Crippen LogP contribution in [0.4, 0.5) is 11.4 Å². The Labute approximate surface area is 154 Å². The number of ether oxygens (including phenoxy) is 2. The number of amides is 1. The molecule has 1 saturated heterocycles. The van der Waals surface area contributed by atoms with E-state index in [1.165, 1.54) is 5.69 Å². The Bertz CT molecular complexity index is 728. The summed E-state index contributed by atoms with van der Waals surface area (Å²) in [5.41, 5.74) is 1.99. The largest absolute Gasteiger partial charge is 0.497 e. The molecule has 0 aliphatic carbocycles. The van der Waals surface area contributed by atoms with Gasteiger partial charge in [0.15, 0.2) is 0 Å². The summed E-state index contributed by atoms with van der Waals surface area (Å²) < 4.78 is 10.5. The predicted molar refractivity (Wildman–Crippen MR) is 103 cm³/mol. The van der Waals surface area contributed by atoms with Crippen molar-refractivity contribution in [3.05, 3.63) is 48.5 Å². The van der Waals surface area contributed by atoms with Crippen molar-refractivity contribution in [3.63, 3.8) is 0 Å². The first-order valence-corrected chi connectivity index (χ1v) is 8.75. The third-order valence-electron chi connectivity index (χ3n) is 4.59. The predicted octanol–water partition coefficient (Wildman–Crippen LogP) is 2.46. The number of methoxy groups -OCH3 is 2. The molecule has 6 nitrogen and oxygen atoms in total. The van der Waals surface area contributed by atoms with Gasteiger partial charge in [-0.25, -0.2) is 0 Å². The number of rotatable bonds is 6. The zero-order chi connectivity index (χ0) is 18.4. The molecule has 0 aromatic heterocycles. The second kappa shape index (κ2) is 8.47. The van der Waals surface area contributed by atoms with Gasteiger partial charge < -0.3 is 24.6 Å². The Balaban J connectivity index is 1.52. The van der Waals surface area contributed by atoms with Crippen molar-refractivity contribution in [3.8, 4) is 11.5 Å². The molecule has 0 atom stereocenters. The maximum absolute atomic E-state index is 12.5. The number of piperazine rings is 1. The van der Waals surface area contributed by atoms with Gasteiger partial charge in [0.2, 0.25) is 5.91 Å². The summed E-state index contributed by atoms with van der Waals surface area (Å²) in [5, 5.41) is 3.17. The fourth-order valence-electron chi connectivity index (χ4n) is 3.08. The first-order valence-electron chi connectivity index (χ1n) is 8.75. The van der Waals surface area contributed by atoms with Crippen LogP contribution < -0.4 is 19.7 Å². The standard InChI is InChI=1S/C20H25N3O3/c1-25-17-8-9-18(19(14-17)26-2)21-15-20(24)23-12-10-22(11-13-23)16-6-4-3-5-7-16/h3-9,14,21H,10-13,15H2,1-2H3. The number of hydrogen-bond donors (Lipinski definition) is 1. The van der Waals surface area contributed by atoms with E-state index in [9.17, 15) is 4.79 Å². The van der Waals surface area contributed by atoms with Crippen LogP contribution in [0.2, 0.25) is 0 Å². The maximum atomic E-state index is 12.5. The summed E-state index contributed by atoms with van der Waals surface area (Å²) >= 11 is 0. The normalized spacial score (nSPS) is 14.1. The van der Waals surface area contributed by atoms with E-state index >= 15 is 0 Å². The van der Waals surface area contributed by atoms with Crippen molar-refractivity contribution < 1.29 is 14.3 Å². The highest BCUT2D eigenvalue weighted by molar-refractivity contribution is 5.81. The van der Waals surface area contributed by atoms with Crippen LogP contribution in [0.1, 0.15) is 0 Å². The molecule has 1 fully saturated rings. The van der Waals surface area contributed by atoms with Gasteiger partial charge >= 0.3 is 0 Å². The van der Waals surface area contributed by atoms with E-state index in [0.29, 0.717) is 5.75 Å². The Morgan fingerprint density at radius 1 is 1.00 bits per heavy atom. The summed E-state index contributed by atoms with van der Waals surface area (Å²) in [6.45, 7) is 3.40. The zero-order valence-electron chi connectivity index (χ0n) is 15.3. The first-order chi connectivity index (χ1) is 12.7. The zero-order valence-corrected chi connectivity index (χ0v) is 15.3. The van der Waals surface area contributed by atoms with Gasteiger partial charge in [0.1, 0.15) is 11.5 Å². The monoisotopic (exact) mass is 355 g/mol. The van der Waals surface area contributed by atoms with Crippen LogP contribution in [-0.4, -0.2) is 57.8 Å². The number of carbonyl (C=O) groups is 1. The number of benzene rings is 2. The first kappa shape index (κ1) is 17.9. The molecule has 6 heteroatoms. The van der Waals surface area contributed by atoms with Gasteiger partial charge in [0.05, 0.1) is 26.5 Å². The van der Waals surface area contributed by atoms with Gasteiger partial charge in [-0.05, 0) is 24.3 Å². The molecule has 26 heavy (non-hydrogen) atoms. The smallest absolute Gasteiger partial charge is 0.241 e. The lowest BCUT2D eigenvalue weighted by atomic mass is 10.2. The lowest BCUT2D eigenvalue weighted by Crippen LogP contribution is -2.50.